The Morgan fingerprint density at radius 3 is 2.31 bits per heavy atom. The van der Waals surface area contributed by atoms with Gasteiger partial charge in [0.25, 0.3) is 0 Å². The first-order valence-electron chi connectivity index (χ1n) is 3.91. The van der Waals surface area contributed by atoms with Crippen molar-refractivity contribution in [1.82, 2.24) is 0 Å². The maximum atomic E-state index is 5.34. The zero-order valence-corrected chi connectivity index (χ0v) is 7.82. The van der Waals surface area contributed by atoms with Crippen molar-refractivity contribution < 1.29 is 14.2 Å². The minimum absolute atomic E-state index is 0.663. The van der Waals surface area contributed by atoms with Crippen LogP contribution in [0.2, 0.25) is 0 Å². The molecule has 71 valence electrons. The molecule has 0 aliphatic rings. The highest BCUT2D eigenvalue weighted by Gasteiger charge is 2.07. The average molecular weight is 181 g/mol. The minimum Gasteiger partial charge on any atom is -0.441 e. The van der Waals surface area contributed by atoms with Crippen LogP contribution in [0.1, 0.15) is 5.56 Å². The molecule has 0 saturated heterocycles. The molecule has 1 aromatic rings. The zero-order valence-electron chi connectivity index (χ0n) is 7.82. The molecule has 0 aromatic heterocycles. The summed E-state index contributed by atoms with van der Waals surface area (Å²) in [6.45, 7) is 3.13. The quantitative estimate of drug-likeness (QED) is 0.663. The highest BCUT2D eigenvalue weighted by atomic mass is 16.8. The van der Waals surface area contributed by atoms with Gasteiger partial charge in [-0.1, -0.05) is 18.2 Å². The lowest BCUT2D eigenvalue weighted by Gasteiger charge is -2.16. The summed E-state index contributed by atoms with van der Waals surface area (Å²) in [6.07, 6.45) is 0. The molecule has 0 bridgehead atoms. The van der Waals surface area contributed by atoms with E-state index >= 15 is 0 Å². The van der Waals surface area contributed by atoms with Gasteiger partial charge in [0.05, 0.1) is 0 Å². The number of rotatable bonds is 4. The summed E-state index contributed by atoms with van der Waals surface area (Å²) in [6, 6.07) is 7.43. The molecule has 0 aliphatic carbocycles. The first-order valence-corrected chi connectivity index (χ1v) is 3.91. The summed E-state index contributed by atoms with van der Waals surface area (Å²) in [4.78, 5) is 0. The normalized spacial score (nSPS) is 10.5. The first kappa shape index (κ1) is 10.0. The van der Waals surface area contributed by atoms with Crippen molar-refractivity contribution in [2.45, 2.75) is 6.48 Å². The van der Waals surface area contributed by atoms with Gasteiger partial charge in [-0.15, -0.1) is 0 Å². The van der Waals surface area contributed by atoms with Gasteiger partial charge in [0, 0.05) is 14.2 Å². The SMILES string of the molecule is [CH2]c1ccccc1OC(OC)OC. The van der Waals surface area contributed by atoms with Crippen molar-refractivity contribution in [2.75, 3.05) is 14.2 Å². The average Bonchev–Trinajstić information content (AvgIpc) is 2.17. The van der Waals surface area contributed by atoms with Gasteiger partial charge in [-0.2, -0.15) is 0 Å². The van der Waals surface area contributed by atoms with E-state index < -0.39 is 6.48 Å². The van der Waals surface area contributed by atoms with E-state index in [2.05, 4.69) is 6.92 Å². The van der Waals surface area contributed by atoms with Crippen LogP contribution >= 0.6 is 0 Å². The highest BCUT2D eigenvalue weighted by Crippen LogP contribution is 2.17. The topological polar surface area (TPSA) is 27.7 Å². The second-order valence-electron chi connectivity index (χ2n) is 2.49. The Labute approximate surface area is 78.2 Å². The second kappa shape index (κ2) is 4.84. The van der Waals surface area contributed by atoms with Crippen molar-refractivity contribution in [3.63, 3.8) is 0 Å². The molecule has 0 spiro atoms. The van der Waals surface area contributed by atoms with E-state index in [1.54, 1.807) is 0 Å². The number of methoxy groups -OCH3 is 2. The largest absolute Gasteiger partial charge is 0.441 e. The number of para-hydroxylation sites is 1. The smallest absolute Gasteiger partial charge is 0.315 e. The van der Waals surface area contributed by atoms with Crippen molar-refractivity contribution in [3.05, 3.63) is 36.8 Å². The van der Waals surface area contributed by atoms with Gasteiger partial charge < -0.3 is 14.2 Å². The van der Waals surface area contributed by atoms with Gasteiger partial charge in [-0.25, -0.2) is 0 Å². The van der Waals surface area contributed by atoms with Crippen molar-refractivity contribution in [1.29, 1.82) is 0 Å². The minimum atomic E-state index is -0.678. The predicted molar refractivity (Wildman–Crippen MR) is 49.3 cm³/mol. The van der Waals surface area contributed by atoms with Crippen LogP contribution in [0.4, 0.5) is 0 Å². The summed E-state index contributed by atoms with van der Waals surface area (Å²) in [5.74, 6) is 0.663. The molecule has 0 amide bonds. The second-order valence-corrected chi connectivity index (χ2v) is 2.49. The maximum absolute atomic E-state index is 5.34. The van der Waals surface area contributed by atoms with Crippen LogP contribution in [0.25, 0.3) is 0 Å². The fraction of sp³-hybridized carbons (Fsp3) is 0.300. The first-order chi connectivity index (χ1) is 6.27. The van der Waals surface area contributed by atoms with Crippen LogP contribution in [0.15, 0.2) is 24.3 Å². The van der Waals surface area contributed by atoms with Crippen LogP contribution in [-0.4, -0.2) is 20.7 Å². The lowest BCUT2D eigenvalue weighted by Crippen LogP contribution is -2.20. The molecule has 1 rings (SSSR count). The molecule has 0 atom stereocenters. The van der Waals surface area contributed by atoms with Gasteiger partial charge in [0.1, 0.15) is 5.75 Å². The van der Waals surface area contributed by atoms with E-state index in [4.69, 9.17) is 14.2 Å². The summed E-state index contributed by atoms with van der Waals surface area (Å²) in [7, 11) is 3.03. The van der Waals surface area contributed by atoms with Gasteiger partial charge in [-0.05, 0) is 18.6 Å². The molecular weight excluding hydrogens is 168 g/mol. The third-order valence-corrected chi connectivity index (χ3v) is 1.58. The Bertz CT molecular complexity index is 256. The summed E-state index contributed by atoms with van der Waals surface area (Å²) >= 11 is 0. The Balaban J connectivity index is 2.67. The number of ether oxygens (including phenoxy) is 3. The fourth-order valence-electron chi connectivity index (χ4n) is 0.915. The van der Waals surface area contributed by atoms with E-state index in [0.717, 1.165) is 5.56 Å². The number of hydrogen-bond donors (Lipinski definition) is 0. The maximum Gasteiger partial charge on any atom is 0.315 e. The van der Waals surface area contributed by atoms with Crippen LogP contribution in [0, 0.1) is 6.92 Å². The summed E-state index contributed by atoms with van der Waals surface area (Å²) < 4.78 is 15.1. The van der Waals surface area contributed by atoms with E-state index in [9.17, 15) is 0 Å². The highest BCUT2D eigenvalue weighted by molar-refractivity contribution is 5.35. The molecule has 0 unspecified atom stereocenters. The van der Waals surface area contributed by atoms with Gasteiger partial charge >= 0.3 is 6.48 Å². The van der Waals surface area contributed by atoms with E-state index in [1.165, 1.54) is 14.2 Å². The Morgan fingerprint density at radius 2 is 1.77 bits per heavy atom. The van der Waals surface area contributed by atoms with Gasteiger partial charge in [0.2, 0.25) is 0 Å². The Kier molecular flexibility index (Phi) is 3.73. The molecule has 1 aromatic carbocycles. The zero-order chi connectivity index (χ0) is 9.68. The third kappa shape index (κ3) is 2.72. The van der Waals surface area contributed by atoms with Crippen LogP contribution in [0.3, 0.4) is 0 Å². The Morgan fingerprint density at radius 1 is 1.15 bits per heavy atom. The van der Waals surface area contributed by atoms with E-state index in [1.807, 2.05) is 24.3 Å². The molecule has 3 heteroatoms. The molecule has 0 aliphatic heterocycles. The molecule has 0 heterocycles. The molecule has 0 saturated carbocycles. The monoisotopic (exact) mass is 181 g/mol. The van der Waals surface area contributed by atoms with Crippen LogP contribution in [-0.2, 0) is 9.47 Å². The van der Waals surface area contributed by atoms with Crippen molar-refractivity contribution in [2.24, 2.45) is 0 Å². The van der Waals surface area contributed by atoms with Crippen molar-refractivity contribution >= 4 is 0 Å². The summed E-state index contributed by atoms with van der Waals surface area (Å²) in [5.41, 5.74) is 0.807. The Hall–Kier alpha value is -1.06. The van der Waals surface area contributed by atoms with E-state index in [0.29, 0.717) is 5.75 Å². The molecule has 3 nitrogen and oxygen atoms in total. The number of benzene rings is 1. The third-order valence-electron chi connectivity index (χ3n) is 1.58. The number of hydrogen-bond acceptors (Lipinski definition) is 3. The van der Waals surface area contributed by atoms with E-state index in [-0.39, 0.29) is 0 Å². The lowest BCUT2D eigenvalue weighted by atomic mass is 10.2. The standard InChI is InChI=1S/C10H13O3/c1-8-6-4-5-7-9(8)13-10(11-2)12-3/h4-7,10H,1H2,2-3H3. The molecule has 13 heavy (non-hydrogen) atoms. The molecule has 0 N–H and O–H groups in total. The van der Waals surface area contributed by atoms with Crippen LogP contribution in [0.5, 0.6) is 5.75 Å². The van der Waals surface area contributed by atoms with Gasteiger partial charge in [0.15, 0.2) is 0 Å². The fourth-order valence-corrected chi connectivity index (χ4v) is 0.915. The summed E-state index contributed by atoms with van der Waals surface area (Å²) in [5, 5.41) is 0. The molecule has 1 radical (unpaired) electrons. The lowest BCUT2D eigenvalue weighted by molar-refractivity contribution is -0.219. The predicted octanol–water partition coefficient (Wildman–Crippen LogP) is 1.82. The van der Waals surface area contributed by atoms with Gasteiger partial charge in [-0.3, -0.25) is 0 Å². The molecular formula is C10H13O3. The van der Waals surface area contributed by atoms with Crippen molar-refractivity contribution in [3.8, 4) is 5.75 Å². The van der Waals surface area contributed by atoms with Crippen LogP contribution < -0.4 is 4.74 Å². The molecule has 0 fully saturated rings.